The van der Waals surface area contributed by atoms with Gasteiger partial charge in [0.1, 0.15) is 12.1 Å². The van der Waals surface area contributed by atoms with Crippen molar-refractivity contribution in [1.29, 1.82) is 0 Å². The molecule has 3 amide bonds. The van der Waals surface area contributed by atoms with Crippen LogP contribution in [0, 0.1) is 0 Å². The minimum atomic E-state index is -5.05. The largest absolute Gasteiger partial charge is 0.381 e. The van der Waals surface area contributed by atoms with Crippen LogP contribution in [0.5, 0.6) is 0 Å². The highest BCUT2D eigenvalue weighted by Gasteiger charge is 2.63. The zero-order valence-corrected chi connectivity index (χ0v) is 14.1. The van der Waals surface area contributed by atoms with Gasteiger partial charge in [0.15, 0.2) is 0 Å². The average molecular weight is 338 g/mol. The third-order valence-electron chi connectivity index (χ3n) is 3.64. The molecule has 1 rings (SSSR count). The second-order valence-corrected chi connectivity index (χ2v) is 6.90. The summed E-state index contributed by atoms with van der Waals surface area (Å²) < 4.78 is 22.4. The molecule has 0 aromatic carbocycles. The maximum absolute atomic E-state index is 12.6. The predicted molar refractivity (Wildman–Crippen MR) is 77.0 cm³/mol. The van der Waals surface area contributed by atoms with Gasteiger partial charge in [-0.05, 0) is 27.2 Å². The first-order valence-electron chi connectivity index (χ1n) is 7.03. The Balaban J connectivity index is 3.40. The second-order valence-electron chi connectivity index (χ2n) is 5.11. The molecule has 0 aliphatic carbocycles. The molecule has 1 aliphatic rings. The Kier molecular flexibility index (Phi) is 5.75. The third-order valence-corrected chi connectivity index (χ3v) is 5.01. The summed E-state index contributed by atoms with van der Waals surface area (Å²) in [5.74, 6) is -0.753. The predicted octanol–water partition coefficient (Wildman–Crippen LogP) is 0.611. The minimum Gasteiger partial charge on any atom is -0.376 e. The topological polar surface area (TPSA) is 125 Å². The highest BCUT2D eigenvalue weighted by atomic mass is 31.2. The first kappa shape index (κ1) is 19.1. The van der Waals surface area contributed by atoms with Crippen LogP contribution in [0.1, 0.15) is 34.1 Å². The maximum Gasteiger partial charge on any atom is 0.381 e. The van der Waals surface area contributed by atoms with Crippen molar-refractivity contribution < 1.29 is 33.4 Å². The Morgan fingerprint density at radius 2 is 1.86 bits per heavy atom. The molecule has 22 heavy (non-hydrogen) atoms. The molecule has 1 fully saturated rings. The van der Waals surface area contributed by atoms with E-state index in [1.54, 1.807) is 13.8 Å². The van der Waals surface area contributed by atoms with Crippen LogP contribution < -0.4 is 5.32 Å². The number of ether oxygens (including phenoxy) is 2. The third kappa shape index (κ3) is 3.04. The summed E-state index contributed by atoms with van der Waals surface area (Å²) in [4.78, 5) is 44.8. The molecule has 128 valence electrons. The van der Waals surface area contributed by atoms with E-state index in [4.69, 9.17) is 9.47 Å². The number of carbonyl (C=O) groups excluding carboxylic acids is 2. The van der Waals surface area contributed by atoms with E-state index in [9.17, 15) is 23.9 Å². The zero-order chi connectivity index (χ0) is 17.2. The maximum atomic E-state index is 12.6. The monoisotopic (exact) mass is 338 g/mol. The Hall–Kier alpha value is -0.990. The summed E-state index contributed by atoms with van der Waals surface area (Å²) in [6, 6.07) is -0.911. The van der Waals surface area contributed by atoms with Gasteiger partial charge in [0.2, 0.25) is 0 Å². The number of hydrogen-bond donors (Lipinski definition) is 3. The van der Waals surface area contributed by atoms with E-state index >= 15 is 0 Å². The lowest BCUT2D eigenvalue weighted by Crippen LogP contribution is -2.57. The molecule has 1 saturated heterocycles. The van der Waals surface area contributed by atoms with E-state index < -0.39 is 37.1 Å². The van der Waals surface area contributed by atoms with E-state index in [1.165, 1.54) is 13.8 Å². The first-order valence-corrected chi connectivity index (χ1v) is 8.65. The number of carbonyl (C=O) groups is 2. The molecule has 0 bridgehead atoms. The van der Waals surface area contributed by atoms with Crippen molar-refractivity contribution in [3.8, 4) is 0 Å². The van der Waals surface area contributed by atoms with Crippen LogP contribution in [0.3, 0.4) is 0 Å². The number of hydrogen-bond acceptors (Lipinski definition) is 5. The summed E-state index contributed by atoms with van der Waals surface area (Å²) in [6.45, 7) is 5.72. The van der Waals surface area contributed by atoms with Crippen LogP contribution in [0.25, 0.3) is 0 Å². The molecule has 10 heteroatoms. The van der Waals surface area contributed by atoms with Crippen molar-refractivity contribution in [2.75, 3.05) is 19.8 Å². The molecule has 1 heterocycles. The van der Waals surface area contributed by atoms with Crippen molar-refractivity contribution in [2.24, 2.45) is 0 Å². The fourth-order valence-electron chi connectivity index (χ4n) is 2.18. The van der Waals surface area contributed by atoms with Gasteiger partial charge >= 0.3 is 13.6 Å². The number of urea groups is 1. The minimum absolute atomic E-state index is 0.113. The number of nitrogens with zero attached hydrogens (tertiary/aromatic N) is 1. The van der Waals surface area contributed by atoms with Crippen molar-refractivity contribution in [3.63, 3.8) is 0 Å². The van der Waals surface area contributed by atoms with Gasteiger partial charge in [-0.2, -0.15) is 0 Å². The molecular weight excluding hydrogens is 315 g/mol. The van der Waals surface area contributed by atoms with Gasteiger partial charge in [-0.3, -0.25) is 9.36 Å². The molecule has 0 aromatic heterocycles. The van der Waals surface area contributed by atoms with Gasteiger partial charge in [0.05, 0.1) is 0 Å². The smallest absolute Gasteiger partial charge is 0.376 e. The molecule has 3 N–H and O–H groups in total. The summed E-state index contributed by atoms with van der Waals surface area (Å²) in [6.07, 6.45) is 0.270. The average Bonchev–Trinajstić information content (AvgIpc) is 2.65. The summed E-state index contributed by atoms with van der Waals surface area (Å²) in [7, 11) is -5.05. The molecule has 9 nitrogen and oxygen atoms in total. The van der Waals surface area contributed by atoms with Gasteiger partial charge < -0.3 is 24.6 Å². The van der Waals surface area contributed by atoms with Crippen molar-refractivity contribution in [1.82, 2.24) is 10.2 Å². The van der Waals surface area contributed by atoms with Crippen LogP contribution in [0.4, 0.5) is 4.79 Å². The fourth-order valence-corrected chi connectivity index (χ4v) is 3.18. The molecule has 1 aliphatic heterocycles. The number of nitrogens with one attached hydrogen (secondary N) is 1. The Bertz CT molecular complexity index is 494. The number of rotatable bonds is 8. The van der Waals surface area contributed by atoms with Crippen LogP contribution in [-0.2, 0) is 18.8 Å². The molecular formula is C12H23N2O7P. The van der Waals surface area contributed by atoms with E-state index in [0.717, 1.165) is 0 Å². The fraction of sp³-hybridized carbons (Fsp3) is 0.833. The van der Waals surface area contributed by atoms with Crippen LogP contribution in [-0.4, -0.2) is 57.5 Å². The van der Waals surface area contributed by atoms with Crippen molar-refractivity contribution in [3.05, 3.63) is 0 Å². The van der Waals surface area contributed by atoms with Gasteiger partial charge in [-0.25, -0.2) is 9.69 Å². The lowest BCUT2D eigenvalue weighted by Gasteiger charge is -2.39. The molecule has 2 atom stereocenters. The standard InChI is InChI=1S/C12H23N2O7P/c1-5-11(4)9(15)14(10(16)13-11)12(21-7-3,8-20-6-2)22(17,18)19/h5-8H2,1-4H3,(H,13,16)(H2,17,18,19). The van der Waals surface area contributed by atoms with Crippen LogP contribution in [0.15, 0.2) is 0 Å². The van der Waals surface area contributed by atoms with E-state index in [2.05, 4.69) is 5.32 Å². The Morgan fingerprint density at radius 1 is 1.27 bits per heavy atom. The Labute approximate surface area is 129 Å². The van der Waals surface area contributed by atoms with Crippen LogP contribution in [0.2, 0.25) is 0 Å². The van der Waals surface area contributed by atoms with Gasteiger partial charge in [0.25, 0.3) is 11.4 Å². The van der Waals surface area contributed by atoms with Gasteiger partial charge in [0, 0.05) is 13.2 Å². The van der Waals surface area contributed by atoms with Crippen LogP contribution >= 0.6 is 7.60 Å². The Morgan fingerprint density at radius 3 is 2.23 bits per heavy atom. The van der Waals surface area contributed by atoms with E-state index in [1.807, 2.05) is 0 Å². The SMILES string of the molecule is CCOCC(OCC)(N1C(=O)NC(C)(CC)C1=O)P(=O)(O)O. The number of amides is 3. The number of imide groups is 1. The van der Waals surface area contributed by atoms with Crippen molar-refractivity contribution >= 4 is 19.5 Å². The van der Waals surface area contributed by atoms with Gasteiger partial charge in [-0.15, -0.1) is 0 Å². The lowest BCUT2D eigenvalue weighted by atomic mass is 9.99. The molecule has 0 radical (unpaired) electrons. The highest BCUT2D eigenvalue weighted by molar-refractivity contribution is 7.53. The van der Waals surface area contributed by atoms with Gasteiger partial charge in [-0.1, -0.05) is 6.92 Å². The second kappa shape index (κ2) is 6.64. The van der Waals surface area contributed by atoms with E-state index in [-0.39, 0.29) is 19.6 Å². The van der Waals surface area contributed by atoms with E-state index in [0.29, 0.717) is 4.90 Å². The normalized spacial score (nSPS) is 25.3. The molecule has 0 saturated carbocycles. The molecule has 0 spiro atoms. The molecule has 2 unspecified atom stereocenters. The highest BCUT2D eigenvalue weighted by Crippen LogP contribution is 2.54. The summed E-state index contributed by atoms with van der Waals surface area (Å²) >= 11 is 0. The summed E-state index contributed by atoms with van der Waals surface area (Å²) in [5, 5.41) is 2.45. The molecule has 0 aromatic rings. The zero-order valence-electron chi connectivity index (χ0n) is 13.2. The lowest BCUT2D eigenvalue weighted by molar-refractivity contribution is -0.157. The first-order chi connectivity index (χ1) is 10.1. The quantitative estimate of drug-likeness (QED) is 0.437. The van der Waals surface area contributed by atoms with Crippen molar-refractivity contribution in [2.45, 2.75) is 45.1 Å². The summed E-state index contributed by atoms with van der Waals surface area (Å²) in [5.41, 5.74) is -3.70.